The number of aryl methyl sites for hydroxylation is 1. The standard InChI is InChI=1S/C17H16ClN3O3/c1-9-7-11(18)3-6-15(9)24-10(2)16(22)19-12-4-5-13-14(8-12)21-17(23)20-13/h3-8,10H,1-2H3,(H,19,22)(H2,20,21,23)/t10-/m0/s1. The lowest BCUT2D eigenvalue weighted by Crippen LogP contribution is -2.30. The molecule has 1 atom stereocenters. The Morgan fingerprint density at radius 1 is 1.17 bits per heavy atom. The summed E-state index contributed by atoms with van der Waals surface area (Å²) in [5.74, 6) is 0.314. The summed E-state index contributed by atoms with van der Waals surface area (Å²) in [5, 5.41) is 3.38. The molecule has 6 nitrogen and oxygen atoms in total. The molecule has 0 radical (unpaired) electrons. The monoisotopic (exact) mass is 345 g/mol. The second-order valence-corrected chi connectivity index (χ2v) is 5.94. The highest BCUT2D eigenvalue weighted by Gasteiger charge is 2.16. The first-order valence-corrected chi connectivity index (χ1v) is 7.76. The van der Waals surface area contributed by atoms with E-state index in [1.165, 1.54) is 0 Å². The molecule has 1 amide bonds. The number of amides is 1. The van der Waals surface area contributed by atoms with Gasteiger partial charge in [-0.2, -0.15) is 0 Å². The molecule has 7 heteroatoms. The number of carbonyl (C=O) groups excluding carboxylic acids is 1. The number of ether oxygens (including phenoxy) is 1. The van der Waals surface area contributed by atoms with Crippen molar-refractivity contribution in [2.45, 2.75) is 20.0 Å². The number of halogens is 1. The zero-order valence-electron chi connectivity index (χ0n) is 13.1. The number of aromatic amines is 2. The van der Waals surface area contributed by atoms with Crippen molar-refractivity contribution in [1.82, 2.24) is 9.97 Å². The number of hydrogen-bond donors (Lipinski definition) is 3. The zero-order valence-corrected chi connectivity index (χ0v) is 13.9. The van der Waals surface area contributed by atoms with Crippen LogP contribution in [0.15, 0.2) is 41.2 Å². The lowest BCUT2D eigenvalue weighted by Gasteiger charge is -2.16. The summed E-state index contributed by atoms with van der Waals surface area (Å²) in [6.07, 6.45) is -0.689. The lowest BCUT2D eigenvalue weighted by molar-refractivity contribution is -0.122. The van der Waals surface area contributed by atoms with Crippen LogP contribution in [0.25, 0.3) is 11.0 Å². The third kappa shape index (κ3) is 3.44. The smallest absolute Gasteiger partial charge is 0.323 e. The van der Waals surface area contributed by atoms with E-state index in [2.05, 4.69) is 15.3 Å². The Kier molecular flexibility index (Phi) is 4.31. The predicted octanol–water partition coefficient (Wildman–Crippen LogP) is 3.22. The highest BCUT2D eigenvalue weighted by Crippen LogP contribution is 2.23. The largest absolute Gasteiger partial charge is 0.481 e. The summed E-state index contributed by atoms with van der Waals surface area (Å²) in [5.41, 5.74) is 2.45. The molecule has 24 heavy (non-hydrogen) atoms. The quantitative estimate of drug-likeness (QED) is 0.678. The van der Waals surface area contributed by atoms with E-state index in [0.717, 1.165) is 5.56 Å². The third-order valence-electron chi connectivity index (χ3n) is 3.59. The van der Waals surface area contributed by atoms with Gasteiger partial charge in [0.2, 0.25) is 0 Å². The van der Waals surface area contributed by atoms with Gasteiger partial charge in [0.25, 0.3) is 5.91 Å². The van der Waals surface area contributed by atoms with Crippen LogP contribution in [-0.4, -0.2) is 22.0 Å². The highest BCUT2D eigenvalue weighted by molar-refractivity contribution is 6.30. The van der Waals surface area contributed by atoms with E-state index in [1.807, 2.05) is 6.92 Å². The van der Waals surface area contributed by atoms with Crippen molar-refractivity contribution >= 4 is 34.2 Å². The summed E-state index contributed by atoms with van der Waals surface area (Å²) in [6, 6.07) is 10.3. The Morgan fingerprint density at radius 3 is 2.67 bits per heavy atom. The van der Waals surface area contributed by atoms with Crippen LogP contribution in [-0.2, 0) is 4.79 Å². The molecule has 2 aromatic carbocycles. The van der Waals surface area contributed by atoms with Gasteiger partial charge in [0.1, 0.15) is 5.75 Å². The average molecular weight is 346 g/mol. The number of anilines is 1. The molecular weight excluding hydrogens is 330 g/mol. The molecule has 3 rings (SSSR count). The average Bonchev–Trinajstić information content (AvgIpc) is 2.89. The van der Waals surface area contributed by atoms with E-state index in [0.29, 0.717) is 27.5 Å². The Morgan fingerprint density at radius 2 is 1.92 bits per heavy atom. The van der Waals surface area contributed by atoms with Crippen LogP contribution in [0, 0.1) is 6.92 Å². The number of carbonyl (C=O) groups is 1. The molecule has 0 bridgehead atoms. The number of hydrogen-bond acceptors (Lipinski definition) is 3. The van der Waals surface area contributed by atoms with E-state index in [9.17, 15) is 9.59 Å². The van der Waals surface area contributed by atoms with Gasteiger partial charge < -0.3 is 20.0 Å². The summed E-state index contributed by atoms with van der Waals surface area (Å²) >= 11 is 5.91. The fourth-order valence-corrected chi connectivity index (χ4v) is 2.57. The highest BCUT2D eigenvalue weighted by atomic mass is 35.5. The minimum atomic E-state index is -0.689. The number of H-pyrrole nitrogens is 2. The normalized spacial score (nSPS) is 12.1. The third-order valence-corrected chi connectivity index (χ3v) is 3.83. The molecule has 0 saturated carbocycles. The van der Waals surface area contributed by atoms with Gasteiger partial charge in [-0.05, 0) is 55.8 Å². The minimum Gasteiger partial charge on any atom is -0.481 e. The van der Waals surface area contributed by atoms with Gasteiger partial charge >= 0.3 is 5.69 Å². The fourth-order valence-electron chi connectivity index (χ4n) is 2.34. The molecule has 1 heterocycles. The molecule has 0 aliphatic carbocycles. The van der Waals surface area contributed by atoms with Crippen molar-refractivity contribution in [3.8, 4) is 5.75 Å². The Balaban J connectivity index is 1.71. The first-order chi connectivity index (χ1) is 11.4. The molecule has 3 N–H and O–H groups in total. The molecule has 3 aromatic rings. The molecule has 0 fully saturated rings. The van der Waals surface area contributed by atoms with Crippen molar-refractivity contribution in [3.05, 3.63) is 57.5 Å². The maximum absolute atomic E-state index is 12.3. The molecule has 0 unspecified atom stereocenters. The van der Waals surface area contributed by atoms with Crippen LogP contribution in [0.3, 0.4) is 0 Å². The van der Waals surface area contributed by atoms with Crippen LogP contribution in [0.2, 0.25) is 5.02 Å². The maximum Gasteiger partial charge on any atom is 0.323 e. The molecule has 0 saturated heterocycles. The molecule has 0 aliphatic heterocycles. The second kappa shape index (κ2) is 6.41. The number of aromatic nitrogens is 2. The first kappa shape index (κ1) is 16.1. The molecule has 124 valence electrons. The van der Waals surface area contributed by atoms with Crippen LogP contribution >= 0.6 is 11.6 Å². The van der Waals surface area contributed by atoms with Gasteiger partial charge in [0, 0.05) is 10.7 Å². The van der Waals surface area contributed by atoms with E-state index in [1.54, 1.807) is 43.3 Å². The number of imidazole rings is 1. The van der Waals surface area contributed by atoms with Crippen molar-refractivity contribution in [2.75, 3.05) is 5.32 Å². The minimum absolute atomic E-state index is 0.289. The van der Waals surface area contributed by atoms with E-state index in [4.69, 9.17) is 16.3 Å². The van der Waals surface area contributed by atoms with Gasteiger partial charge in [-0.3, -0.25) is 4.79 Å². The number of fused-ring (bicyclic) bond motifs is 1. The SMILES string of the molecule is Cc1cc(Cl)ccc1O[C@@H](C)C(=O)Nc1ccc2[nH]c(=O)[nH]c2c1. The Labute approximate surface area is 142 Å². The first-order valence-electron chi connectivity index (χ1n) is 7.38. The van der Waals surface area contributed by atoms with Crippen molar-refractivity contribution in [1.29, 1.82) is 0 Å². The van der Waals surface area contributed by atoms with Gasteiger partial charge in [0.05, 0.1) is 11.0 Å². The van der Waals surface area contributed by atoms with Crippen LogP contribution in [0.4, 0.5) is 5.69 Å². The second-order valence-electron chi connectivity index (χ2n) is 5.50. The number of nitrogens with one attached hydrogen (secondary N) is 3. The molecule has 1 aromatic heterocycles. The molecule has 0 aliphatic rings. The fraction of sp³-hybridized carbons (Fsp3) is 0.176. The number of benzene rings is 2. The summed E-state index contributed by atoms with van der Waals surface area (Å²) in [4.78, 5) is 28.8. The van der Waals surface area contributed by atoms with Crippen LogP contribution in [0.1, 0.15) is 12.5 Å². The lowest BCUT2D eigenvalue weighted by atomic mass is 10.2. The topological polar surface area (TPSA) is 87.0 Å². The van der Waals surface area contributed by atoms with Crippen LogP contribution in [0.5, 0.6) is 5.75 Å². The summed E-state index contributed by atoms with van der Waals surface area (Å²) < 4.78 is 5.69. The zero-order chi connectivity index (χ0) is 17.3. The molecule has 0 spiro atoms. The van der Waals surface area contributed by atoms with Gasteiger partial charge in [0.15, 0.2) is 6.10 Å². The van der Waals surface area contributed by atoms with Crippen LogP contribution < -0.4 is 15.7 Å². The molecular formula is C17H16ClN3O3. The van der Waals surface area contributed by atoms with Gasteiger partial charge in [-0.1, -0.05) is 11.6 Å². The van der Waals surface area contributed by atoms with E-state index in [-0.39, 0.29) is 11.6 Å². The Hall–Kier alpha value is -2.73. The number of rotatable bonds is 4. The van der Waals surface area contributed by atoms with E-state index >= 15 is 0 Å². The van der Waals surface area contributed by atoms with Gasteiger partial charge in [-0.15, -0.1) is 0 Å². The van der Waals surface area contributed by atoms with E-state index < -0.39 is 6.10 Å². The van der Waals surface area contributed by atoms with Crippen molar-refractivity contribution < 1.29 is 9.53 Å². The summed E-state index contributed by atoms with van der Waals surface area (Å²) in [6.45, 7) is 3.53. The van der Waals surface area contributed by atoms with Crippen molar-refractivity contribution in [3.63, 3.8) is 0 Å². The predicted molar refractivity (Wildman–Crippen MR) is 93.8 cm³/mol. The Bertz CT molecular complexity index is 961. The van der Waals surface area contributed by atoms with Crippen molar-refractivity contribution in [2.24, 2.45) is 0 Å². The maximum atomic E-state index is 12.3. The van der Waals surface area contributed by atoms with Gasteiger partial charge in [-0.25, -0.2) is 4.79 Å². The summed E-state index contributed by atoms with van der Waals surface area (Å²) in [7, 11) is 0.